The molecule has 0 saturated carbocycles. The summed E-state index contributed by atoms with van der Waals surface area (Å²) < 4.78 is 94.3. The molecule has 0 N–H and O–H groups in total. The third-order valence-electron chi connectivity index (χ3n) is 9.63. The van der Waals surface area contributed by atoms with Gasteiger partial charge in [0.05, 0.1) is 10.9 Å². The number of amides is 1. The van der Waals surface area contributed by atoms with Gasteiger partial charge in [0, 0.05) is 67.6 Å². The van der Waals surface area contributed by atoms with E-state index in [0.29, 0.717) is 18.0 Å². The van der Waals surface area contributed by atoms with Gasteiger partial charge in [-0.3, -0.25) is 14.7 Å². The molecule has 3 aliphatic rings. The van der Waals surface area contributed by atoms with Crippen molar-refractivity contribution in [2.24, 2.45) is 0 Å². The summed E-state index contributed by atoms with van der Waals surface area (Å²) in [5, 5.41) is 1.99. The molecule has 17 heteroatoms. The Morgan fingerprint density at radius 2 is 2.02 bits per heavy atom. The first-order chi connectivity index (χ1) is 24.6. The molecule has 51 heavy (non-hydrogen) atoms. The number of carbonyl (C=O) groups excluding carboxylic acids is 1. The zero-order valence-electron chi connectivity index (χ0n) is 26.9. The topological polar surface area (TPSA) is 91.9 Å². The van der Waals surface area contributed by atoms with Crippen molar-refractivity contribution in [1.29, 1.82) is 0 Å². The highest BCUT2D eigenvalue weighted by atomic mass is 32.1. The fraction of sp³-hybridized carbons (Fsp3) is 0.412. The number of carbonyl (C=O) groups is 1. The Kier molecular flexibility index (Phi) is 9.55. The molecular weight excluding hydrogens is 698 g/mol. The van der Waals surface area contributed by atoms with Crippen LogP contribution in [0.4, 0.5) is 32.2 Å². The number of ether oxygens (including phenoxy) is 1. The number of alkyl halides is 3. The SMILES string of the molecule is [C-]#[N+]C[C@H]1CN(c2nc(OC[C@@]34CCCN3C[C@H](F)C4)nc3c(F)c(-c4cc(F)ccc4C(F)F)ncc23)CCN1C(=O)/C(F)=C/c1nccs1. The van der Waals surface area contributed by atoms with Crippen molar-refractivity contribution in [2.75, 3.05) is 50.8 Å². The summed E-state index contributed by atoms with van der Waals surface area (Å²) in [5.74, 6) is -3.85. The molecule has 0 radical (unpaired) electrons. The van der Waals surface area contributed by atoms with Crippen LogP contribution in [0.3, 0.4) is 0 Å². The highest BCUT2D eigenvalue weighted by molar-refractivity contribution is 7.10. The van der Waals surface area contributed by atoms with Gasteiger partial charge in [0.2, 0.25) is 6.54 Å². The standard InChI is InChI=1S/C34H30F6N8O2S/c1-41-14-21-17-46(8-9-48(21)32(49)25(37)12-26-42-6-10-51-26)31-24-15-43-28(23-11-19(35)3-4-22(23)30(39)40)27(38)29(24)44-33(45-31)50-18-34-5-2-7-47(34)16-20(36)13-34/h3-4,6,10-12,15,20-21,30H,2,5,7-9,13-14,16-18H2/b25-12-/t20-,21+,34+/m1/s1. The van der Waals surface area contributed by atoms with Crippen molar-refractivity contribution >= 4 is 40.0 Å². The van der Waals surface area contributed by atoms with Crippen LogP contribution in [0.15, 0.2) is 41.8 Å². The predicted octanol–water partition coefficient (Wildman–Crippen LogP) is 6.27. The number of anilines is 1. The molecular formula is C34H30F6N8O2S. The number of aromatic nitrogens is 4. The van der Waals surface area contributed by atoms with Gasteiger partial charge in [-0.25, -0.2) is 37.9 Å². The first-order valence-corrected chi connectivity index (χ1v) is 17.1. The third-order valence-corrected chi connectivity index (χ3v) is 10.4. The van der Waals surface area contributed by atoms with Crippen molar-refractivity contribution in [1.82, 2.24) is 29.7 Å². The molecule has 1 aromatic carbocycles. The van der Waals surface area contributed by atoms with Crippen molar-refractivity contribution < 1.29 is 35.9 Å². The summed E-state index contributed by atoms with van der Waals surface area (Å²) in [7, 11) is 0. The van der Waals surface area contributed by atoms with Crippen LogP contribution in [-0.4, -0.2) is 99.3 Å². The number of thiazole rings is 1. The largest absolute Gasteiger partial charge is 0.461 e. The molecule has 3 atom stereocenters. The second kappa shape index (κ2) is 14.1. The Morgan fingerprint density at radius 1 is 1.18 bits per heavy atom. The van der Waals surface area contributed by atoms with E-state index in [0.717, 1.165) is 42.0 Å². The predicted molar refractivity (Wildman–Crippen MR) is 177 cm³/mol. The Bertz CT molecular complexity index is 2030. The van der Waals surface area contributed by atoms with Gasteiger partial charge >= 0.3 is 6.01 Å². The minimum absolute atomic E-state index is 0.00465. The highest BCUT2D eigenvalue weighted by Crippen LogP contribution is 2.41. The van der Waals surface area contributed by atoms with Crippen LogP contribution in [0, 0.1) is 18.2 Å². The first-order valence-electron chi connectivity index (χ1n) is 16.2. The lowest BCUT2D eigenvalue weighted by atomic mass is 9.95. The van der Waals surface area contributed by atoms with Gasteiger partial charge in [-0.15, -0.1) is 11.3 Å². The highest BCUT2D eigenvalue weighted by Gasteiger charge is 2.49. The number of fused-ring (bicyclic) bond motifs is 2. The van der Waals surface area contributed by atoms with Crippen molar-refractivity contribution in [3.05, 3.63) is 75.4 Å². The Balaban J connectivity index is 1.27. The molecule has 10 nitrogen and oxygen atoms in total. The number of halogens is 6. The second-order valence-corrected chi connectivity index (χ2v) is 13.6. The average molecular weight is 729 g/mol. The fourth-order valence-corrected chi connectivity index (χ4v) is 7.83. The van der Waals surface area contributed by atoms with E-state index in [9.17, 15) is 22.4 Å². The third kappa shape index (κ3) is 6.69. The van der Waals surface area contributed by atoms with Crippen LogP contribution < -0.4 is 9.64 Å². The quantitative estimate of drug-likeness (QED) is 0.113. The number of benzene rings is 1. The maximum atomic E-state index is 16.5. The molecule has 0 bridgehead atoms. The number of pyridine rings is 1. The Labute approximate surface area is 292 Å². The minimum Gasteiger partial charge on any atom is -0.461 e. The van der Waals surface area contributed by atoms with E-state index in [1.54, 1.807) is 10.3 Å². The first kappa shape index (κ1) is 34.6. The number of piperazine rings is 1. The molecule has 0 aliphatic carbocycles. The smallest absolute Gasteiger partial charge is 0.319 e. The lowest BCUT2D eigenvalue weighted by Gasteiger charge is -2.39. The normalized spacial score (nSPS) is 22.5. The molecule has 4 aromatic rings. The second-order valence-electron chi connectivity index (χ2n) is 12.7. The lowest BCUT2D eigenvalue weighted by molar-refractivity contribution is -0.130. The van der Waals surface area contributed by atoms with Gasteiger partial charge in [-0.05, 0) is 37.6 Å². The van der Waals surface area contributed by atoms with Gasteiger partial charge in [-0.2, -0.15) is 9.97 Å². The molecule has 7 rings (SSSR count). The van der Waals surface area contributed by atoms with Gasteiger partial charge < -0.3 is 19.4 Å². The zero-order valence-corrected chi connectivity index (χ0v) is 27.7. The monoisotopic (exact) mass is 728 g/mol. The van der Waals surface area contributed by atoms with Crippen LogP contribution in [0.5, 0.6) is 6.01 Å². The molecule has 3 fully saturated rings. The van der Waals surface area contributed by atoms with E-state index in [1.165, 1.54) is 17.3 Å². The van der Waals surface area contributed by atoms with E-state index in [1.807, 2.05) is 4.90 Å². The molecule has 1 amide bonds. The van der Waals surface area contributed by atoms with Crippen molar-refractivity contribution in [3.8, 4) is 17.3 Å². The average Bonchev–Trinajstić information content (AvgIpc) is 3.83. The van der Waals surface area contributed by atoms with Crippen molar-refractivity contribution in [3.63, 3.8) is 0 Å². The van der Waals surface area contributed by atoms with Gasteiger partial charge in [-0.1, -0.05) is 0 Å². The number of rotatable bonds is 9. The van der Waals surface area contributed by atoms with Crippen LogP contribution in [0.1, 0.15) is 36.3 Å². The van der Waals surface area contributed by atoms with Crippen LogP contribution in [0.25, 0.3) is 33.1 Å². The summed E-state index contributed by atoms with van der Waals surface area (Å²) in [5.41, 5.74) is -2.60. The van der Waals surface area contributed by atoms with Crippen LogP contribution >= 0.6 is 11.3 Å². The Morgan fingerprint density at radius 3 is 2.78 bits per heavy atom. The zero-order chi connectivity index (χ0) is 35.9. The molecule has 3 saturated heterocycles. The molecule has 266 valence electrons. The van der Waals surface area contributed by atoms with Gasteiger partial charge in [0.1, 0.15) is 46.7 Å². The molecule has 6 heterocycles. The molecule has 0 spiro atoms. The van der Waals surface area contributed by atoms with Gasteiger partial charge in [0.25, 0.3) is 12.3 Å². The maximum Gasteiger partial charge on any atom is 0.319 e. The van der Waals surface area contributed by atoms with Crippen LogP contribution in [0.2, 0.25) is 0 Å². The lowest BCUT2D eigenvalue weighted by Crippen LogP contribution is -2.56. The van der Waals surface area contributed by atoms with E-state index in [-0.39, 0.29) is 68.5 Å². The van der Waals surface area contributed by atoms with E-state index in [2.05, 4.69) is 24.8 Å². The van der Waals surface area contributed by atoms with E-state index in [4.69, 9.17) is 11.3 Å². The maximum absolute atomic E-state index is 16.5. The van der Waals surface area contributed by atoms with Crippen molar-refractivity contribution in [2.45, 2.75) is 43.4 Å². The summed E-state index contributed by atoms with van der Waals surface area (Å²) in [4.78, 5) is 38.6. The summed E-state index contributed by atoms with van der Waals surface area (Å²) in [6.45, 7) is 8.31. The fourth-order valence-electron chi connectivity index (χ4n) is 7.28. The van der Waals surface area contributed by atoms with E-state index < -0.39 is 64.4 Å². The number of hydrogen-bond donors (Lipinski definition) is 0. The summed E-state index contributed by atoms with van der Waals surface area (Å²) in [6.07, 6.45) is 1.35. The Hall–Kier alpha value is -4.82. The number of nitrogens with zero attached hydrogens (tertiary/aromatic N) is 8. The molecule has 3 aliphatic heterocycles. The van der Waals surface area contributed by atoms with Crippen LogP contribution in [-0.2, 0) is 4.79 Å². The van der Waals surface area contributed by atoms with E-state index >= 15 is 8.78 Å². The summed E-state index contributed by atoms with van der Waals surface area (Å²) >= 11 is 1.15. The number of hydrogen-bond acceptors (Lipinski definition) is 9. The summed E-state index contributed by atoms with van der Waals surface area (Å²) in [6, 6.07) is 1.39. The molecule has 3 aromatic heterocycles. The van der Waals surface area contributed by atoms with Gasteiger partial charge in [0.15, 0.2) is 11.6 Å². The minimum atomic E-state index is -3.06. The molecule has 0 unspecified atom stereocenters.